The van der Waals surface area contributed by atoms with Gasteiger partial charge in [-0.05, 0) is 32.8 Å². The summed E-state index contributed by atoms with van der Waals surface area (Å²) in [6.07, 6.45) is 2.46. The van der Waals surface area contributed by atoms with Crippen LogP contribution in [0.2, 0.25) is 0 Å². The highest BCUT2D eigenvalue weighted by Gasteiger charge is 2.27. The highest BCUT2D eigenvalue weighted by molar-refractivity contribution is 8.00. The van der Waals surface area contributed by atoms with Crippen molar-refractivity contribution in [2.24, 2.45) is 0 Å². The van der Waals surface area contributed by atoms with E-state index in [9.17, 15) is 0 Å². The molecule has 3 rings (SSSR count). The van der Waals surface area contributed by atoms with Crippen molar-refractivity contribution in [2.45, 2.75) is 50.0 Å². The van der Waals surface area contributed by atoms with Gasteiger partial charge >= 0.3 is 0 Å². The van der Waals surface area contributed by atoms with Gasteiger partial charge in [0.1, 0.15) is 9.86 Å². The normalized spacial score (nSPS) is 22.0. The quantitative estimate of drug-likeness (QED) is 0.840. The van der Waals surface area contributed by atoms with Crippen LogP contribution in [0, 0.1) is 6.92 Å². The molecule has 1 fully saturated rings. The van der Waals surface area contributed by atoms with Gasteiger partial charge in [0, 0.05) is 28.7 Å². The van der Waals surface area contributed by atoms with Crippen LogP contribution < -0.4 is 5.32 Å². The molecule has 1 N–H and O–H groups in total. The monoisotopic (exact) mass is 323 g/mol. The van der Waals surface area contributed by atoms with Gasteiger partial charge in [0.15, 0.2) is 0 Å². The smallest absolute Gasteiger partial charge is 0.225 e. The number of thiophene rings is 1. The number of ether oxygens (including phenoxy) is 1. The number of aromatic nitrogens is 2. The molecule has 2 unspecified atom stereocenters. The fourth-order valence-corrected chi connectivity index (χ4v) is 4.57. The highest BCUT2D eigenvalue weighted by atomic mass is 32.2. The van der Waals surface area contributed by atoms with Crippen LogP contribution >= 0.6 is 23.1 Å². The number of nitrogens with one attached hydrogen (secondary N) is 1. The van der Waals surface area contributed by atoms with Crippen molar-refractivity contribution < 1.29 is 4.74 Å². The van der Waals surface area contributed by atoms with Gasteiger partial charge < -0.3 is 10.1 Å². The third-order valence-electron chi connectivity index (χ3n) is 3.58. The zero-order valence-corrected chi connectivity index (χ0v) is 14.3. The van der Waals surface area contributed by atoms with Gasteiger partial charge in [0.05, 0.1) is 6.10 Å². The van der Waals surface area contributed by atoms with E-state index in [0.717, 1.165) is 41.8 Å². The molecule has 2 aromatic rings. The van der Waals surface area contributed by atoms with E-state index in [1.807, 2.05) is 11.8 Å². The molecule has 0 amide bonds. The molecule has 1 aliphatic rings. The Morgan fingerprint density at radius 2 is 2.33 bits per heavy atom. The molecule has 2 atom stereocenters. The summed E-state index contributed by atoms with van der Waals surface area (Å²) in [4.78, 5) is 11.7. The Balaban J connectivity index is 1.93. The number of anilines is 1. The molecule has 0 aromatic carbocycles. The van der Waals surface area contributed by atoms with E-state index in [1.54, 1.807) is 11.3 Å². The lowest BCUT2D eigenvalue weighted by molar-refractivity contribution is 0.127. The highest BCUT2D eigenvalue weighted by Crippen LogP contribution is 2.37. The van der Waals surface area contributed by atoms with Crippen molar-refractivity contribution in [3.63, 3.8) is 0 Å². The van der Waals surface area contributed by atoms with E-state index in [4.69, 9.17) is 9.72 Å². The average Bonchev–Trinajstić information content (AvgIpc) is 3.02. The van der Waals surface area contributed by atoms with Crippen LogP contribution in [0.4, 0.5) is 5.95 Å². The maximum Gasteiger partial charge on any atom is 0.225 e. The predicted molar refractivity (Wildman–Crippen MR) is 90.6 cm³/mol. The first-order chi connectivity index (χ1) is 10.2. The van der Waals surface area contributed by atoms with Crippen LogP contribution in [0.5, 0.6) is 0 Å². The van der Waals surface area contributed by atoms with Gasteiger partial charge in [-0.15, -0.1) is 11.3 Å². The van der Waals surface area contributed by atoms with Gasteiger partial charge in [-0.3, -0.25) is 0 Å². The van der Waals surface area contributed by atoms with E-state index in [0.29, 0.717) is 11.4 Å². The van der Waals surface area contributed by atoms with Crippen molar-refractivity contribution >= 4 is 39.3 Å². The van der Waals surface area contributed by atoms with Crippen LogP contribution in [-0.4, -0.2) is 34.5 Å². The zero-order valence-electron chi connectivity index (χ0n) is 12.7. The summed E-state index contributed by atoms with van der Waals surface area (Å²) in [5.41, 5.74) is 0. The summed E-state index contributed by atoms with van der Waals surface area (Å²) in [5.74, 6) is 0.750. The Morgan fingerprint density at radius 1 is 1.48 bits per heavy atom. The fraction of sp³-hybridized carbons (Fsp3) is 0.600. The van der Waals surface area contributed by atoms with E-state index >= 15 is 0 Å². The van der Waals surface area contributed by atoms with E-state index in [1.165, 1.54) is 10.3 Å². The third kappa shape index (κ3) is 3.33. The number of hydrogen-bond acceptors (Lipinski definition) is 6. The lowest BCUT2D eigenvalue weighted by Crippen LogP contribution is -2.14. The molecule has 4 nitrogen and oxygen atoms in total. The summed E-state index contributed by atoms with van der Waals surface area (Å²) in [6.45, 7) is 8.19. The largest absolute Gasteiger partial charge is 0.377 e. The van der Waals surface area contributed by atoms with Crippen LogP contribution in [-0.2, 0) is 4.74 Å². The van der Waals surface area contributed by atoms with Crippen molar-refractivity contribution in [2.75, 3.05) is 18.5 Å². The van der Waals surface area contributed by atoms with E-state index in [2.05, 4.69) is 37.1 Å². The molecule has 2 aromatic heterocycles. The first-order valence-corrected chi connectivity index (χ1v) is 9.17. The molecule has 0 spiro atoms. The number of fused-ring (bicyclic) bond motifs is 1. The Labute approximate surface area is 133 Å². The fourth-order valence-electron chi connectivity index (χ4n) is 2.43. The summed E-state index contributed by atoms with van der Waals surface area (Å²) >= 11 is 3.58. The number of thioether (sulfide) groups is 1. The van der Waals surface area contributed by atoms with Crippen LogP contribution in [0.3, 0.4) is 0 Å². The second kappa shape index (κ2) is 6.50. The third-order valence-corrected chi connectivity index (χ3v) is 5.98. The maximum absolute atomic E-state index is 5.67. The lowest BCUT2D eigenvalue weighted by atomic mass is 10.3. The lowest BCUT2D eigenvalue weighted by Gasteiger charge is -2.14. The summed E-state index contributed by atoms with van der Waals surface area (Å²) in [7, 11) is 0. The molecule has 21 heavy (non-hydrogen) atoms. The Hall–Kier alpha value is -0.850. The topological polar surface area (TPSA) is 47.0 Å². The van der Waals surface area contributed by atoms with Crippen LogP contribution in [0.25, 0.3) is 10.2 Å². The van der Waals surface area contributed by atoms with Gasteiger partial charge in [-0.25, -0.2) is 9.97 Å². The summed E-state index contributed by atoms with van der Waals surface area (Å²) in [5, 5.41) is 6.07. The predicted octanol–water partition coefficient (Wildman–Crippen LogP) is 4.09. The molecule has 0 saturated carbocycles. The van der Waals surface area contributed by atoms with Crippen molar-refractivity contribution in [3.8, 4) is 0 Å². The van der Waals surface area contributed by atoms with Crippen molar-refractivity contribution in [3.05, 3.63) is 10.9 Å². The van der Waals surface area contributed by atoms with Crippen LogP contribution in [0.15, 0.2) is 11.1 Å². The minimum atomic E-state index is 0.298. The van der Waals surface area contributed by atoms with Gasteiger partial charge in [0.2, 0.25) is 5.95 Å². The minimum absolute atomic E-state index is 0.298. The summed E-state index contributed by atoms with van der Waals surface area (Å²) in [6, 6.07) is 2.20. The number of aryl methyl sites for hydroxylation is 1. The number of nitrogens with zero attached hydrogens (tertiary/aromatic N) is 2. The Morgan fingerprint density at radius 3 is 3.05 bits per heavy atom. The maximum atomic E-state index is 5.67. The zero-order chi connectivity index (χ0) is 14.8. The molecule has 1 saturated heterocycles. The second-order valence-electron chi connectivity index (χ2n) is 5.38. The molecule has 0 bridgehead atoms. The van der Waals surface area contributed by atoms with Crippen molar-refractivity contribution in [1.29, 1.82) is 0 Å². The molecule has 3 heterocycles. The SMILES string of the molecule is CCCNc1nc(SC2CCOC2C)c2cc(C)sc2n1. The summed E-state index contributed by atoms with van der Waals surface area (Å²) < 4.78 is 5.67. The van der Waals surface area contributed by atoms with E-state index < -0.39 is 0 Å². The Bertz CT molecular complexity index is 629. The first kappa shape index (κ1) is 15.1. The standard InChI is InChI=1S/C15H21N3OS2/c1-4-6-16-15-17-13-11(8-9(2)20-13)14(18-15)21-12-5-7-19-10(12)3/h8,10,12H,4-7H2,1-3H3,(H,16,17,18). The molecule has 114 valence electrons. The average molecular weight is 323 g/mol. The first-order valence-electron chi connectivity index (χ1n) is 7.47. The molecule has 0 aliphatic carbocycles. The van der Waals surface area contributed by atoms with Crippen molar-refractivity contribution in [1.82, 2.24) is 9.97 Å². The van der Waals surface area contributed by atoms with Gasteiger partial charge in [-0.2, -0.15) is 0 Å². The second-order valence-corrected chi connectivity index (χ2v) is 7.84. The van der Waals surface area contributed by atoms with E-state index in [-0.39, 0.29) is 0 Å². The van der Waals surface area contributed by atoms with Gasteiger partial charge in [0.25, 0.3) is 0 Å². The molecular formula is C15H21N3OS2. The molecular weight excluding hydrogens is 302 g/mol. The number of rotatable bonds is 5. The van der Waals surface area contributed by atoms with Crippen LogP contribution in [0.1, 0.15) is 31.6 Å². The molecule has 6 heteroatoms. The minimum Gasteiger partial charge on any atom is -0.377 e. The van der Waals surface area contributed by atoms with Gasteiger partial charge in [-0.1, -0.05) is 18.7 Å². The molecule has 0 radical (unpaired) electrons. The molecule has 1 aliphatic heterocycles. The number of hydrogen-bond donors (Lipinski definition) is 1. The Kier molecular flexibility index (Phi) is 4.66.